The van der Waals surface area contributed by atoms with Crippen molar-refractivity contribution in [3.63, 3.8) is 0 Å². The maximum absolute atomic E-state index is 12.4. The van der Waals surface area contributed by atoms with Crippen LogP contribution >= 0.6 is 11.3 Å². The van der Waals surface area contributed by atoms with Crippen LogP contribution in [0.2, 0.25) is 0 Å². The third-order valence-electron chi connectivity index (χ3n) is 2.96. The zero-order chi connectivity index (χ0) is 15.2. The molecule has 0 bridgehead atoms. The van der Waals surface area contributed by atoms with Crippen molar-refractivity contribution >= 4 is 17.2 Å². The summed E-state index contributed by atoms with van der Waals surface area (Å²) in [4.78, 5) is 14.7. The fourth-order valence-corrected chi connectivity index (χ4v) is 2.77. The summed E-state index contributed by atoms with van der Waals surface area (Å²) in [5.41, 5.74) is 7.74. The van der Waals surface area contributed by atoms with Crippen molar-refractivity contribution in [1.82, 2.24) is 5.32 Å². The highest BCUT2D eigenvalue weighted by Crippen LogP contribution is 2.15. The number of benzene rings is 1. The SMILES string of the molecule is Cc1ccc(C#CCN)c(C(=O)NCc2ccc(C)s2)c1. The Kier molecular flexibility index (Phi) is 5.15. The van der Waals surface area contributed by atoms with E-state index in [1.54, 1.807) is 11.3 Å². The molecular formula is C17H18N2OS. The van der Waals surface area contributed by atoms with Crippen LogP contribution in [0.25, 0.3) is 0 Å². The summed E-state index contributed by atoms with van der Waals surface area (Å²) >= 11 is 1.69. The Bertz CT molecular complexity index is 707. The summed E-state index contributed by atoms with van der Waals surface area (Å²) in [6.45, 7) is 4.83. The van der Waals surface area contributed by atoms with Crippen LogP contribution in [-0.2, 0) is 6.54 Å². The number of aryl methyl sites for hydroxylation is 2. The topological polar surface area (TPSA) is 55.1 Å². The number of nitrogens with two attached hydrogens (primary N) is 1. The molecule has 4 heteroatoms. The number of carbonyl (C=O) groups is 1. The lowest BCUT2D eigenvalue weighted by molar-refractivity contribution is 0.0951. The molecule has 1 aromatic carbocycles. The fraction of sp³-hybridized carbons (Fsp3) is 0.235. The van der Waals surface area contributed by atoms with Crippen LogP contribution in [0.1, 0.15) is 31.2 Å². The number of amides is 1. The number of hydrogen-bond donors (Lipinski definition) is 2. The van der Waals surface area contributed by atoms with E-state index in [4.69, 9.17) is 5.73 Å². The molecule has 0 unspecified atom stereocenters. The Morgan fingerprint density at radius 3 is 2.76 bits per heavy atom. The van der Waals surface area contributed by atoms with Crippen LogP contribution < -0.4 is 11.1 Å². The van der Waals surface area contributed by atoms with Gasteiger partial charge in [-0.25, -0.2) is 0 Å². The van der Waals surface area contributed by atoms with E-state index in [1.165, 1.54) is 4.88 Å². The maximum atomic E-state index is 12.4. The molecule has 3 nitrogen and oxygen atoms in total. The molecule has 0 radical (unpaired) electrons. The highest BCUT2D eigenvalue weighted by molar-refractivity contribution is 7.11. The van der Waals surface area contributed by atoms with Crippen LogP contribution in [0.5, 0.6) is 0 Å². The van der Waals surface area contributed by atoms with Crippen LogP contribution in [0, 0.1) is 25.7 Å². The van der Waals surface area contributed by atoms with E-state index in [9.17, 15) is 4.79 Å². The first-order chi connectivity index (χ1) is 10.1. The summed E-state index contributed by atoms with van der Waals surface area (Å²) in [7, 11) is 0. The lowest BCUT2D eigenvalue weighted by atomic mass is 10.0. The first-order valence-corrected chi connectivity index (χ1v) is 7.55. The van der Waals surface area contributed by atoms with Crippen molar-refractivity contribution in [2.24, 2.45) is 5.73 Å². The van der Waals surface area contributed by atoms with Crippen molar-refractivity contribution in [2.75, 3.05) is 6.54 Å². The molecule has 0 saturated heterocycles. The molecule has 2 rings (SSSR count). The molecule has 2 aromatic rings. The van der Waals surface area contributed by atoms with E-state index >= 15 is 0 Å². The number of thiophene rings is 1. The molecule has 0 atom stereocenters. The third-order valence-corrected chi connectivity index (χ3v) is 3.96. The monoisotopic (exact) mass is 298 g/mol. The minimum atomic E-state index is -0.105. The van der Waals surface area contributed by atoms with Gasteiger partial charge in [0.05, 0.1) is 18.7 Å². The minimum absolute atomic E-state index is 0.105. The Morgan fingerprint density at radius 1 is 1.29 bits per heavy atom. The molecule has 0 fully saturated rings. The first kappa shape index (κ1) is 15.3. The van der Waals surface area contributed by atoms with Gasteiger partial charge in [-0.2, -0.15) is 0 Å². The van der Waals surface area contributed by atoms with E-state index in [1.807, 2.05) is 31.2 Å². The quantitative estimate of drug-likeness (QED) is 0.856. The lowest BCUT2D eigenvalue weighted by Gasteiger charge is -2.07. The molecule has 0 aliphatic carbocycles. The lowest BCUT2D eigenvalue weighted by Crippen LogP contribution is -2.23. The van der Waals surface area contributed by atoms with Crippen molar-refractivity contribution in [1.29, 1.82) is 0 Å². The number of carbonyl (C=O) groups excluding carboxylic acids is 1. The normalized spacial score (nSPS) is 9.86. The molecule has 0 aliphatic heterocycles. The second-order valence-corrected chi connectivity index (χ2v) is 6.12. The average Bonchev–Trinajstić information content (AvgIpc) is 2.89. The molecule has 108 valence electrons. The second kappa shape index (κ2) is 7.07. The molecule has 0 saturated carbocycles. The molecule has 3 N–H and O–H groups in total. The predicted octanol–water partition coefficient (Wildman–Crippen LogP) is 2.61. The standard InChI is InChI=1S/C17H18N2OS/c1-12-5-7-14(4-3-9-18)16(10-12)17(20)19-11-15-8-6-13(2)21-15/h5-8,10H,9,11,18H2,1-2H3,(H,19,20). The average molecular weight is 298 g/mol. The maximum Gasteiger partial charge on any atom is 0.252 e. The molecular weight excluding hydrogens is 280 g/mol. The highest BCUT2D eigenvalue weighted by Gasteiger charge is 2.10. The minimum Gasteiger partial charge on any atom is -0.347 e. The first-order valence-electron chi connectivity index (χ1n) is 6.73. The van der Waals surface area contributed by atoms with Gasteiger partial charge >= 0.3 is 0 Å². The zero-order valence-electron chi connectivity index (χ0n) is 12.2. The molecule has 21 heavy (non-hydrogen) atoms. The van der Waals surface area contributed by atoms with E-state index in [-0.39, 0.29) is 12.5 Å². The van der Waals surface area contributed by atoms with Crippen LogP contribution in [0.4, 0.5) is 0 Å². The van der Waals surface area contributed by atoms with Crippen molar-refractivity contribution < 1.29 is 4.79 Å². The summed E-state index contributed by atoms with van der Waals surface area (Å²) in [6, 6.07) is 9.75. The van der Waals surface area contributed by atoms with Crippen molar-refractivity contribution in [2.45, 2.75) is 20.4 Å². The van der Waals surface area contributed by atoms with Gasteiger partial charge in [0.2, 0.25) is 0 Å². The molecule has 1 amide bonds. The molecule has 1 aromatic heterocycles. The van der Waals surface area contributed by atoms with Crippen LogP contribution in [0.15, 0.2) is 30.3 Å². The van der Waals surface area contributed by atoms with E-state index in [2.05, 4.69) is 30.1 Å². The van der Waals surface area contributed by atoms with Crippen molar-refractivity contribution in [3.05, 3.63) is 56.8 Å². The Morgan fingerprint density at radius 2 is 2.10 bits per heavy atom. The van der Waals surface area contributed by atoms with Crippen LogP contribution in [0.3, 0.4) is 0 Å². The zero-order valence-corrected chi connectivity index (χ0v) is 13.0. The summed E-state index contributed by atoms with van der Waals surface area (Å²) in [5, 5.41) is 2.95. The smallest absolute Gasteiger partial charge is 0.252 e. The Hall–Kier alpha value is -2.09. The van der Waals surface area contributed by atoms with Gasteiger partial charge in [0, 0.05) is 15.3 Å². The van der Waals surface area contributed by atoms with E-state index in [0.717, 1.165) is 10.4 Å². The highest BCUT2D eigenvalue weighted by atomic mass is 32.1. The molecule has 0 aliphatic rings. The van der Waals surface area contributed by atoms with Gasteiger partial charge in [0.15, 0.2) is 0 Å². The van der Waals surface area contributed by atoms with Gasteiger partial charge < -0.3 is 11.1 Å². The predicted molar refractivity (Wildman–Crippen MR) is 87.3 cm³/mol. The van der Waals surface area contributed by atoms with Gasteiger partial charge in [-0.15, -0.1) is 11.3 Å². The number of nitrogens with one attached hydrogen (secondary N) is 1. The van der Waals surface area contributed by atoms with Gasteiger partial charge in [0.1, 0.15) is 0 Å². The fourth-order valence-electron chi connectivity index (χ4n) is 1.94. The van der Waals surface area contributed by atoms with Gasteiger partial charge in [-0.3, -0.25) is 4.79 Å². The van der Waals surface area contributed by atoms with Crippen molar-refractivity contribution in [3.8, 4) is 11.8 Å². The summed E-state index contributed by atoms with van der Waals surface area (Å²) < 4.78 is 0. The van der Waals surface area contributed by atoms with E-state index in [0.29, 0.717) is 17.7 Å². The summed E-state index contributed by atoms with van der Waals surface area (Å²) in [5.74, 6) is 5.64. The number of hydrogen-bond acceptors (Lipinski definition) is 3. The second-order valence-electron chi connectivity index (χ2n) is 4.75. The van der Waals surface area contributed by atoms with E-state index < -0.39 is 0 Å². The van der Waals surface area contributed by atoms with Crippen LogP contribution in [-0.4, -0.2) is 12.5 Å². The largest absolute Gasteiger partial charge is 0.347 e. The third kappa shape index (κ3) is 4.19. The van der Waals surface area contributed by atoms with Gasteiger partial charge in [-0.1, -0.05) is 23.5 Å². The summed E-state index contributed by atoms with van der Waals surface area (Å²) in [6.07, 6.45) is 0. The Balaban J connectivity index is 2.15. The van der Waals surface area contributed by atoms with Gasteiger partial charge in [-0.05, 0) is 38.1 Å². The number of rotatable bonds is 3. The Labute approximate surface area is 129 Å². The molecule has 0 spiro atoms. The van der Waals surface area contributed by atoms with Gasteiger partial charge in [0.25, 0.3) is 5.91 Å². The molecule has 1 heterocycles.